The molecule has 0 aliphatic heterocycles. The van der Waals surface area contributed by atoms with Crippen LogP contribution in [0.5, 0.6) is 5.75 Å². The largest absolute Gasteiger partial charge is 0.573 e. The van der Waals surface area contributed by atoms with Crippen LogP contribution in [0.2, 0.25) is 0 Å². The van der Waals surface area contributed by atoms with Gasteiger partial charge < -0.3 is 10.1 Å². The van der Waals surface area contributed by atoms with Gasteiger partial charge in [-0.3, -0.25) is 0 Å². The number of ether oxygens (including phenoxy) is 1. The summed E-state index contributed by atoms with van der Waals surface area (Å²) in [6.45, 7) is 9.08. The molecule has 1 fully saturated rings. The number of benzene rings is 1. The second-order valence-corrected chi connectivity index (χ2v) is 10.5. The van der Waals surface area contributed by atoms with Crippen molar-refractivity contribution in [1.29, 1.82) is 0 Å². The van der Waals surface area contributed by atoms with Gasteiger partial charge in [-0.05, 0) is 59.9 Å². The third-order valence-electron chi connectivity index (χ3n) is 7.43. The lowest BCUT2D eigenvalue weighted by atomic mass is 9.67. The Labute approximate surface area is 218 Å². The Morgan fingerprint density at radius 2 is 1.89 bits per heavy atom. The SMILES string of the molecule is CCCC#CC1=C(c2ncc(CNC(C)C)cn2)CC(C2CCC2)C(C)c2cc(OC(F)(F)F)ccc21. The normalized spacial score (nSPS) is 20.1. The molecule has 7 heteroatoms. The van der Waals surface area contributed by atoms with E-state index in [2.05, 4.69) is 49.6 Å². The monoisotopic (exact) mass is 511 g/mol. The maximum atomic E-state index is 13.0. The molecule has 1 heterocycles. The van der Waals surface area contributed by atoms with Crippen molar-refractivity contribution in [2.24, 2.45) is 11.8 Å². The Bertz CT molecular complexity index is 1170. The predicted octanol–water partition coefficient (Wildman–Crippen LogP) is 7.51. The summed E-state index contributed by atoms with van der Waals surface area (Å²) in [5.41, 5.74) is 4.52. The van der Waals surface area contributed by atoms with E-state index in [9.17, 15) is 13.2 Å². The summed E-state index contributed by atoms with van der Waals surface area (Å²) in [7, 11) is 0. The molecule has 4 rings (SSSR count). The zero-order valence-electron chi connectivity index (χ0n) is 22.1. The number of rotatable bonds is 7. The fourth-order valence-corrected chi connectivity index (χ4v) is 5.24. The first kappa shape index (κ1) is 27.2. The third kappa shape index (κ3) is 6.73. The van der Waals surface area contributed by atoms with E-state index in [1.54, 1.807) is 12.1 Å². The van der Waals surface area contributed by atoms with E-state index in [1.807, 2.05) is 12.4 Å². The zero-order chi connectivity index (χ0) is 26.6. The minimum atomic E-state index is -4.74. The summed E-state index contributed by atoms with van der Waals surface area (Å²) in [6.07, 6.45) is 4.84. The van der Waals surface area contributed by atoms with Crippen LogP contribution >= 0.6 is 0 Å². The summed E-state index contributed by atoms with van der Waals surface area (Å²) >= 11 is 0. The molecule has 1 saturated carbocycles. The van der Waals surface area contributed by atoms with E-state index >= 15 is 0 Å². The fraction of sp³-hybridized carbons (Fsp3) is 0.533. The first-order chi connectivity index (χ1) is 17.7. The highest BCUT2D eigenvalue weighted by atomic mass is 19.4. The molecule has 1 aromatic heterocycles. The lowest BCUT2D eigenvalue weighted by Gasteiger charge is -2.37. The van der Waals surface area contributed by atoms with Gasteiger partial charge >= 0.3 is 6.36 Å². The number of hydrogen-bond donors (Lipinski definition) is 1. The fourth-order valence-electron chi connectivity index (χ4n) is 5.24. The summed E-state index contributed by atoms with van der Waals surface area (Å²) < 4.78 is 43.4. The van der Waals surface area contributed by atoms with Gasteiger partial charge in [0, 0.05) is 48.1 Å². The average molecular weight is 512 g/mol. The van der Waals surface area contributed by atoms with E-state index in [0.29, 0.717) is 24.3 Å². The number of unbranched alkanes of at least 4 members (excludes halogenated alkanes) is 1. The Balaban J connectivity index is 1.84. The topological polar surface area (TPSA) is 47.0 Å². The molecule has 2 unspecified atom stereocenters. The average Bonchev–Trinajstić information content (AvgIpc) is 2.92. The highest BCUT2D eigenvalue weighted by Crippen LogP contribution is 2.50. The number of fused-ring (bicyclic) bond motifs is 1. The van der Waals surface area contributed by atoms with Gasteiger partial charge in [0.1, 0.15) is 5.75 Å². The molecule has 2 aliphatic carbocycles. The molecule has 198 valence electrons. The quantitative estimate of drug-likeness (QED) is 0.391. The molecule has 2 aliphatic rings. The van der Waals surface area contributed by atoms with Crippen LogP contribution in [0.4, 0.5) is 13.2 Å². The van der Waals surface area contributed by atoms with Crippen LogP contribution in [-0.2, 0) is 6.54 Å². The van der Waals surface area contributed by atoms with Crippen molar-refractivity contribution < 1.29 is 17.9 Å². The van der Waals surface area contributed by atoms with Gasteiger partial charge in [0.25, 0.3) is 0 Å². The van der Waals surface area contributed by atoms with Crippen molar-refractivity contribution in [3.63, 3.8) is 0 Å². The highest BCUT2D eigenvalue weighted by molar-refractivity contribution is 5.98. The van der Waals surface area contributed by atoms with Gasteiger partial charge in [0.2, 0.25) is 0 Å². The van der Waals surface area contributed by atoms with Gasteiger partial charge in [-0.15, -0.1) is 13.2 Å². The van der Waals surface area contributed by atoms with Crippen LogP contribution in [0.15, 0.2) is 30.6 Å². The van der Waals surface area contributed by atoms with E-state index in [-0.39, 0.29) is 17.6 Å². The number of allylic oxidation sites excluding steroid dienone is 2. The lowest BCUT2D eigenvalue weighted by molar-refractivity contribution is -0.274. The summed E-state index contributed by atoms with van der Waals surface area (Å²) in [5, 5.41) is 3.38. The van der Waals surface area contributed by atoms with Gasteiger partial charge in [0.05, 0.1) is 0 Å². The van der Waals surface area contributed by atoms with Crippen molar-refractivity contribution in [1.82, 2.24) is 15.3 Å². The third-order valence-corrected chi connectivity index (χ3v) is 7.43. The van der Waals surface area contributed by atoms with Gasteiger partial charge in [0.15, 0.2) is 5.82 Å². The summed E-state index contributed by atoms with van der Waals surface area (Å²) in [6, 6.07) is 5.04. The highest BCUT2D eigenvalue weighted by Gasteiger charge is 2.38. The van der Waals surface area contributed by atoms with Crippen LogP contribution in [0, 0.1) is 23.7 Å². The van der Waals surface area contributed by atoms with Crippen LogP contribution in [0.1, 0.15) is 94.7 Å². The standard InChI is InChI=1S/C30H36F3N3O/c1-5-6-7-11-24-25-13-12-23(37-30(31,32)33)14-27(25)20(4)26(22-9-8-10-22)15-28(24)29-35-17-21(18-36-29)16-34-19(2)3/h12-14,17-20,22,26,34H,5-6,8-10,15-16H2,1-4H3. The summed E-state index contributed by atoms with van der Waals surface area (Å²) in [4.78, 5) is 9.50. The van der Waals surface area contributed by atoms with Gasteiger partial charge in [-0.1, -0.05) is 58.8 Å². The van der Waals surface area contributed by atoms with E-state index in [0.717, 1.165) is 59.9 Å². The van der Waals surface area contributed by atoms with Crippen molar-refractivity contribution in [2.45, 2.75) is 91.1 Å². The lowest BCUT2D eigenvalue weighted by Crippen LogP contribution is -2.26. The number of aromatic nitrogens is 2. The Morgan fingerprint density at radius 1 is 1.16 bits per heavy atom. The number of nitrogens with one attached hydrogen (secondary N) is 1. The van der Waals surface area contributed by atoms with Crippen molar-refractivity contribution in [2.75, 3.05) is 0 Å². The van der Waals surface area contributed by atoms with Crippen LogP contribution in [0.25, 0.3) is 11.1 Å². The van der Waals surface area contributed by atoms with Gasteiger partial charge in [-0.25, -0.2) is 9.97 Å². The second kappa shape index (κ2) is 11.7. The van der Waals surface area contributed by atoms with Crippen molar-refractivity contribution in [3.8, 4) is 17.6 Å². The maximum absolute atomic E-state index is 13.0. The van der Waals surface area contributed by atoms with Crippen molar-refractivity contribution in [3.05, 3.63) is 53.1 Å². The number of halogens is 3. The molecule has 0 saturated heterocycles. The van der Waals surface area contributed by atoms with E-state index < -0.39 is 6.36 Å². The van der Waals surface area contributed by atoms with Crippen LogP contribution < -0.4 is 10.1 Å². The van der Waals surface area contributed by atoms with Crippen LogP contribution in [0.3, 0.4) is 0 Å². The van der Waals surface area contributed by atoms with Crippen molar-refractivity contribution >= 4 is 11.1 Å². The zero-order valence-corrected chi connectivity index (χ0v) is 22.1. The molecule has 0 bridgehead atoms. The second-order valence-electron chi connectivity index (χ2n) is 10.5. The molecule has 1 aromatic carbocycles. The molecule has 2 aromatic rings. The molecule has 37 heavy (non-hydrogen) atoms. The van der Waals surface area contributed by atoms with Gasteiger partial charge in [-0.2, -0.15) is 0 Å². The smallest absolute Gasteiger partial charge is 0.406 e. The minimum Gasteiger partial charge on any atom is -0.406 e. The van der Waals surface area contributed by atoms with E-state index in [4.69, 9.17) is 9.97 Å². The molecule has 0 amide bonds. The molecular formula is C30H36F3N3O. The number of alkyl halides is 3. The molecule has 1 N–H and O–H groups in total. The van der Waals surface area contributed by atoms with E-state index in [1.165, 1.54) is 12.5 Å². The maximum Gasteiger partial charge on any atom is 0.573 e. The molecule has 2 atom stereocenters. The number of nitrogens with zero attached hydrogens (tertiary/aromatic N) is 2. The molecular weight excluding hydrogens is 475 g/mol. The molecule has 0 spiro atoms. The first-order valence-corrected chi connectivity index (χ1v) is 13.3. The molecule has 4 nitrogen and oxygen atoms in total. The Kier molecular flexibility index (Phi) is 8.59. The predicted molar refractivity (Wildman–Crippen MR) is 140 cm³/mol. The number of hydrogen-bond acceptors (Lipinski definition) is 4. The Hall–Kier alpha value is -2.85. The summed E-state index contributed by atoms with van der Waals surface area (Å²) in [5.74, 6) is 7.94. The minimum absolute atomic E-state index is 0.0482. The van der Waals surface area contributed by atoms with Crippen LogP contribution in [-0.4, -0.2) is 22.4 Å². The molecule has 0 radical (unpaired) electrons. The Morgan fingerprint density at radius 3 is 2.49 bits per heavy atom. The first-order valence-electron chi connectivity index (χ1n) is 13.3.